The van der Waals surface area contributed by atoms with Crippen LogP contribution in [0.25, 0.3) is 10.8 Å². The second-order valence-electron chi connectivity index (χ2n) is 11.2. The Balaban J connectivity index is 1.22. The highest BCUT2D eigenvalue weighted by atomic mass is 16.5. The minimum Gasteiger partial charge on any atom is -0.508 e. The first kappa shape index (κ1) is 22.3. The van der Waals surface area contributed by atoms with Crippen molar-refractivity contribution in [2.24, 2.45) is 0 Å². The fourth-order valence-electron chi connectivity index (χ4n) is 6.93. The number of hydrogen-bond donors (Lipinski definition) is 2. The highest BCUT2D eigenvalue weighted by Crippen LogP contribution is 2.42. The van der Waals surface area contributed by atoms with Crippen molar-refractivity contribution in [1.29, 1.82) is 0 Å². The first-order valence-corrected chi connectivity index (χ1v) is 13.6. The summed E-state index contributed by atoms with van der Waals surface area (Å²) in [7, 11) is 2.18. The molecule has 3 aromatic rings. The largest absolute Gasteiger partial charge is 0.508 e. The Morgan fingerprint density at radius 1 is 1.08 bits per heavy atom. The van der Waals surface area contributed by atoms with E-state index in [-0.39, 0.29) is 0 Å². The number of nitrogens with zero attached hydrogens (tertiary/aromatic N) is 4. The van der Waals surface area contributed by atoms with Crippen molar-refractivity contribution >= 4 is 16.5 Å². The number of likely N-dealkylation sites (tertiary alicyclic amines) is 1. The van der Waals surface area contributed by atoms with Gasteiger partial charge in [-0.3, -0.25) is 0 Å². The fraction of sp³-hybridized carbons (Fsp3) is 0.517. The number of rotatable bonds is 5. The van der Waals surface area contributed by atoms with Gasteiger partial charge in [0, 0.05) is 47.7 Å². The maximum Gasteiger partial charge on any atom is 0.316 e. The number of aromatic nitrogens is 2. The first-order valence-electron chi connectivity index (χ1n) is 13.6. The highest BCUT2D eigenvalue weighted by molar-refractivity contribution is 5.95. The SMILES string of the molecule is CN1CCC[C@H]1COc1nc2c(c([C@@H]3C[C@H]4C[C@@H](C3)N4)n1)CCN(c1cc(O)cc3ccccc13)C2. The van der Waals surface area contributed by atoms with Crippen LogP contribution in [0.5, 0.6) is 11.8 Å². The van der Waals surface area contributed by atoms with Gasteiger partial charge >= 0.3 is 6.01 Å². The van der Waals surface area contributed by atoms with Crippen molar-refractivity contribution in [1.82, 2.24) is 20.2 Å². The van der Waals surface area contributed by atoms with Crippen LogP contribution in [0.15, 0.2) is 36.4 Å². The van der Waals surface area contributed by atoms with Crippen LogP contribution in [0.2, 0.25) is 0 Å². The summed E-state index contributed by atoms with van der Waals surface area (Å²) in [6.45, 7) is 3.37. The summed E-state index contributed by atoms with van der Waals surface area (Å²) < 4.78 is 6.29. The van der Waals surface area contributed by atoms with Gasteiger partial charge in [-0.05, 0) is 69.1 Å². The second kappa shape index (κ2) is 8.89. The Morgan fingerprint density at radius 3 is 2.72 bits per heavy atom. The predicted octanol–water partition coefficient (Wildman–Crippen LogP) is 3.98. The zero-order valence-electron chi connectivity index (χ0n) is 21.0. The highest BCUT2D eigenvalue weighted by Gasteiger charge is 2.40. The Bertz CT molecular complexity index is 1280. The van der Waals surface area contributed by atoms with Crippen molar-refractivity contribution in [2.75, 3.05) is 31.6 Å². The first-order chi connectivity index (χ1) is 17.6. The Hall–Kier alpha value is -2.90. The zero-order valence-corrected chi connectivity index (χ0v) is 21.0. The standard InChI is InChI=1S/C29H35N5O2/c1-33-9-4-6-22(33)17-36-29-31-26-16-34(27-15-23(35)13-18-5-2-3-7-24(18)27)10-8-25(26)28(32-29)19-11-20-14-21(12-19)30-20/h2-3,5,7,13,15,19-22,30,35H,4,6,8-12,14,16-17H2,1H3/t19-,20+,21-,22-/m0/s1. The molecule has 1 aromatic heterocycles. The van der Waals surface area contributed by atoms with Crippen molar-refractivity contribution in [2.45, 2.75) is 69.1 Å². The van der Waals surface area contributed by atoms with Gasteiger partial charge in [-0.15, -0.1) is 0 Å². The van der Waals surface area contributed by atoms with E-state index in [1.54, 1.807) is 0 Å². The number of phenols is 1. The third kappa shape index (κ3) is 3.98. The molecule has 188 valence electrons. The second-order valence-corrected chi connectivity index (χ2v) is 11.2. The number of phenolic OH excluding ortho intramolecular Hbond substituents is 1. The number of anilines is 1. The lowest BCUT2D eigenvalue weighted by atomic mass is 9.73. The average Bonchev–Trinajstić information content (AvgIpc) is 3.30. The van der Waals surface area contributed by atoms with Gasteiger partial charge in [-0.25, -0.2) is 0 Å². The van der Waals surface area contributed by atoms with Gasteiger partial charge in [0.25, 0.3) is 0 Å². The number of likely N-dealkylation sites (N-methyl/N-ethyl adjacent to an activating group) is 1. The molecule has 4 fully saturated rings. The topological polar surface area (TPSA) is 73.8 Å². The summed E-state index contributed by atoms with van der Waals surface area (Å²) in [6, 6.07) is 14.3. The number of nitrogens with one attached hydrogen (secondary N) is 1. The lowest BCUT2D eigenvalue weighted by molar-refractivity contribution is 0.157. The molecular weight excluding hydrogens is 450 g/mol. The van der Waals surface area contributed by atoms with Gasteiger partial charge in [0.05, 0.1) is 17.9 Å². The van der Waals surface area contributed by atoms with Crippen LogP contribution in [0, 0.1) is 0 Å². The Kier molecular flexibility index (Phi) is 5.51. The molecule has 0 amide bonds. The monoisotopic (exact) mass is 485 g/mol. The van der Waals surface area contributed by atoms with E-state index in [1.807, 2.05) is 18.2 Å². The van der Waals surface area contributed by atoms with Crippen LogP contribution in [0.1, 0.15) is 55.0 Å². The molecule has 2 bridgehead atoms. The van der Waals surface area contributed by atoms with E-state index in [9.17, 15) is 5.11 Å². The molecule has 7 heteroatoms. The summed E-state index contributed by atoms with van der Waals surface area (Å²) >= 11 is 0. The molecule has 1 aliphatic carbocycles. The van der Waals surface area contributed by atoms with E-state index < -0.39 is 0 Å². The molecule has 7 nitrogen and oxygen atoms in total. The summed E-state index contributed by atoms with van der Waals surface area (Å²) in [4.78, 5) is 14.8. The number of fused-ring (bicyclic) bond motifs is 4. The molecule has 0 unspecified atom stereocenters. The number of benzene rings is 2. The predicted molar refractivity (Wildman–Crippen MR) is 141 cm³/mol. The van der Waals surface area contributed by atoms with E-state index in [0.717, 1.165) is 54.5 Å². The molecule has 0 spiro atoms. The normalized spacial score (nSPS) is 27.6. The molecule has 8 rings (SSSR count). The maximum atomic E-state index is 10.4. The van der Waals surface area contributed by atoms with Crippen LogP contribution >= 0.6 is 0 Å². The molecule has 5 aliphatic rings. The fourth-order valence-corrected chi connectivity index (χ4v) is 6.93. The summed E-state index contributed by atoms with van der Waals surface area (Å²) in [5.74, 6) is 0.785. The van der Waals surface area contributed by atoms with Gasteiger partial charge in [0.15, 0.2) is 0 Å². The Morgan fingerprint density at radius 2 is 1.92 bits per heavy atom. The number of piperidine rings is 1. The molecule has 4 aliphatic heterocycles. The molecule has 0 radical (unpaired) electrons. The molecule has 5 heterocycles. The molecule has 36 heavy (non-hydrogen) atoms. The summed E-state index contributed by atoms with van der Waals surface area (Å²) in [5, 5.41) is 16.3. The van der Waals surface area contributed by atoms with Crippen molar-refractivity contribution in [3.8, 4) is 11.8 Å². The average molecular weight is 486 g/mol. The number of hydrogen-bond acceptors (Lipinski definition) is 7. The van der Waals surface area contributed by atoms with E-state index >= 15 is 0 Å². The third-order valence-electron chi connectivity index (χ3n) is 8.88. The van der Waals surface area contributed by atoms with Gasteiger partial charge < -0.3 is 25.0 Å². The molecule has 2 N–H and O–H groups in total. The van der Waals surface area contributed by atoms with Crippen molar-refractivity contribution < 1.29 is 9.84 Å². The van der Waals surface area contributed by atoms with Gasteiger partial charge in [-0.1, -0.05) is 24.3 Å². The molecule has 2 aromatic carbocycles. The minimum absolute atomic E-state index is 0.302. The van der Waals surface area contributed by atoms with Crippen molar-refractivity contribution in [3.63, 3.8) is 0 Å². The van der Waals surface area contributed by atoms with E-state index in [2.05, 4.69) is 40.4 Å². The molecule has 1 saturated carbocycles. The lowest BCUT2D eigenvalue weighted by Gasteiger charge is -2.47. The van der Waals surface area contributed by atoms with E-state index in [4.69, 9.17) is 14.7 Å². The number of aromatic hydroxyl groups is 1. The smallest absolute Gasteiger partial charge is 0.316 e. The van der Waals surface area contributed by atoms with Crippen LogP contribution in [-0.4, -0.2) is 64.8 Å². The third-order valence-corrected chi connectivity index (χ3v) is 8.88. The van der Waals surface area contributed by atoms with Crippen LogP contribution in [0.3, 0.4) is 0 Å². The van der Waals surface area contributed by atoms with Gasteiger partial charge in [0.2, 0.25) is 0 Å². The minimum atomic E-state index is 0.302. The number of ether oxygens (including phenoxy) is 1. The van der Waals surface area contributed by atoms with Gasteiger partial charge in [-0.2, -0.15) is 9.97 Å². The van der Waals surface area contributed by atoms with Gasteiger partial charge in [0.1, 0.15) is 12.4 Å². The quantitative estimate of drug-likeness (QED) is 0.566. The van der Waals surface area contributed by atoms with E-state index in [0.29, 0.717) is 49.0 Å². The molecule has 4 atom stereocenters. The van der Waals surface area contributed by atoms with Crippen LogP contribution < -0.4 is 15.0 Å². The lowest BCUT2D eigenvalue weighted by Crippen LogP contribution is -2.57. The summed E-state index contributed by atoms with van der Waals surface area (Å²) in [6.07, 6.45) is 6.94. The molecule has 3 saturated heterocycles. The van der Waals surface area contributed by atoms with Crippen LogP contribution in [0.4, 0.5) is 5.69 Å². The molecular formula is C29H35N5O2. The van der Waals surface area contributed by atoms with Crippen LogP contribution in [-0.2, 0) is 13.0 Å². The zero-order chi connectivity index (χ0) is 24.2. The van der Waals surface area contributed by atoms with E-state index in [1.165, 1.54) is 30.5 Å². The van der Waals surface area contributed by atoms with Crippen molar-refractivity contribution in [3.05, 3.63) is 53.3 Å². The Labute approximate surface area is 212 Å². The maximum absolute atomic E-state index is 10.4. The summed E-state index contributed by atoms with van der Waals surface area (Å²) in [5.41, 5.74) is 4.70.